The minimum atomic E-state index is 1.05. The van der Waals surface area contributed by atoms with Crippen LogP contribution in [0.25, 0.3) is 0 Å². The number of allylic oxidation sites excluding steroid dienone is 2. The molecule has 0 fully saturated rings. The summed E-state index contributed by atoms with van der Waals surface area (Å²) in [6, 6.07) is 0. The molecule has 2 rings (SSSR count). The van der Waals surface area contributed by atoms with Crippen molar-refractivity contribution in [2.75, 3.05) is 0 Å². The molecule has 52 valence electrons. The quantitative estimate of drug-likeness (QED) is 0.496. The van der Waals surface area contributed by atoms with Crippen molar-refractivity contribution in [1.82, 2.24) is 0 Å². The number of aliphatic imine (C=N–C) groups is 1. The molecule has 0 aromatic rings. The van der Waals surface area contributed by atoms with E-state index in [0.717, 1.165) is 20.1 Å². The van der Waals surface area contributed by atoms with Gasteiger partial charge in [-0.15, -0.1) is 0 Å². The molecule has 2 aliphatic rings. The van der Waals surface area contributed by atoms with Crippen LogP contribution in [-0.2, 0) is 0 Å². The Labute approximate surface area is 68.1 Å². The van der Waals surface area contributed by atoms with Gasteiger partial charge in [0.15, 0.2) is 0 Å². The van der Waals surface area contributed by atoms with Gasteiger partial charge in [0.2, 0.25) is 0 Å². The van der Waals surface area contributed by atoms with Crippen LogP contribution in [0.15, 0.2) is 29.3 Å². The van der Waals surface area contributed by atoms with Gasteiger partial charge in [0, 0.05) is 0 Å². The van der Waals surface area contributed by atoms with Gasteiger partial charge in [-0.05, 0) is 0 Å². The van der Waals surface area contributed by atoms with Gasteiger partial charge < -0.3 is 0 Å². The van der Waals surface area contributed by atoms with E-state index in [4.69, 9.17) is 0 Å². The second-order valence-corrected chi connectivity index (χ2v) is 2.92. The minimum absolute atomic E-state index is 1.05. The summed E-state index contributed by atoms with van der Waals surface area (Å²) in [6.45, 7) is 2.20. The maximum atomic E-state index is 4.27. The number of rotatable bonds is 2. The second kappa shape index (κ2) is 3.04. The first-order chi connectivity index (χ1) is 5.45. The van der Waals surface area contributed by atoms with E-state index in [0.29, 0.717) is 0 Å². The molecule has 0 radical (unpaired) electrons. The monoisotopic (exact) mass is 141 g/mol. The zero-order valence-electron chi connectivity index (χ0n) is 6.46. The molecule has 3 heteroatoms. The summed E-state index contributed by atoms with van der Waals surface area (Å²) in [5.74, 6) is 2.12. The fourth-order valence-corrected chi connectivity index (χ4v) is 1.40. The van der Waals surface area contributed by atoms with E-state index >= 15 is 0 Å². The maximum absolute atomic E-state index is 4.27. The van der Waals surface area contributed by atoms with Crippen LogP contribution in [0.2, 0.25) is 0 Å². The molecule has 0 N–H and O–H groups in total. The van der Waals surface area contributed by atoms with E-state index in [2.05, 4.69) is 30.0 Å². The van der Waals surface area contributed by atoms with Crippen molar-refractivity contribution in [3.8, 4) is 0 Å². The van der Waals surface area contributed by atoms with Gasteiger partial charge in [-0.1, -0.05) is 0 Å². The average molecular weight is 141 g/mol. The van der Waals surface area contributed by atoms with Crippen LogP contribution < -0.4 is 0 Å². The molecule has 2 heterocycles. The summed E-state index contributed by atoms with van der Waals surface area (Å²) >= 11 is 0. The SMILES string of the molecule is B1=C(BC2=NC=CC2)CC=C1. The van der Waals surface area contributed by atoms with Crippen molar-refractivity contribution in [3.63, 3.8) is 0 Å². The fraction of sp³-hybridized carbons (Fsp3) is 0.250. The molecule has 11 heavy (non-hydrogen) atoms. The molecule has 0 saturated carbocycles. The van der Waals surface area contributed by atoms with Crippen molar-refractivity contribution in [2.45, 2.75) is 12.8 Å². The van der Waals surface area contributed by atoms with Crippen molar-refractivity contribution < 1.29 is 0 Å². The molecular weight excluding hydrogens is 132 g/mol. The summed E-state index contributed by atoms with van der Waals surface area (Å²) in [4.78, 5) is 4.27. The molecular formula is C8H9B2N. The molecule has 2 aliphatic heterocycles. The van der Waals surface area contributed by atoms with Crippen LogP contribution in [0.1, 0.15) is 12.8 Å². The summed E-state index contributed by atoms with van der Waals surface area (Å²) in [6.07, 6.45) is 8.38. The Morgan fingerprint density at radius 2 is 2.36 bits per heavy atom. The van der Waals surface area contributed by atoms with Gasteiger partial charge >= 0.3 is 67.3 Å². The number of hydrogen-bond donors (Lipinski definition) is 0. The van der Waals surface area contributed by atoms with Crippen molar-refractivity contribution in [2.24, 2.45) is 4.99 Å². The molecule has 0 saturated heterocycles. The van der Waals surface area contributed by atoms with Crippen LogP contribution in [0.3, 0.4) is 0 Å². The predicted octanol–water partition coefficient (Wildman–Crippen LogP) is 0.490. The van der Waals surface area contributed by atoms with E-state index < -0.39 is 0 Å². The average Bonchev–Trinajstić information content (AvgIpc) is 2.60. The molecule has 0 bridgehead atoms. The van der Waals surface area contributed by atoms with Gasteiger partial charge in [-0.3, -0.25) is 0 Å². The van der Waals surface area contributed by atoms with Crippen LogP contribution in [-0.4, -0.2) is 25.2 Å². The van der Waals surface area contributed by atoms with Crippen molar-refractivity contribution in [3.05, 3.63) is 24.3 Å². The van der Waals surface area contributed by atoms with Gasteiger partial charge in [0.1, 0.15) is 0 Å². The molecule has 0 spiro atoms. The predicted molar refractivity (Wildman–Crippen MR) is 52.9 cm³/mol. The molecule has 0 amide bonds. The third-order valence-corrected chi connectivity index (χ3v) is 2.00. The molecule has 0 aromatic heterocycles. The number of nitrogens with zero attached hydrogens (tertiary/aromatic N) is 1. The topological polar surface area (TPSA) is 12.4 Å². The van der Waals surface area contributed by atoms with Crippen molar-refractivity contribution in [1.29, 1.82) is 0 Å². The summed E-state index contributed by atoms with van der Waals surface area (Å²) in [5, 5.41) is 1.49. The Morgan fingerprint density at radius 1 is 1.36 bits per heavy atom. The number of hydrogen-bond acceptors (Lipinski definition) is 1. The summed E-state index contributed by atoms with van der Waals surface area (Å²) < 4.78 is 0. The zero-order chi connectivity index (χ0) is 7.52. The van der Waals surface area contributed by atoms with E-state index in [1.807, 2.05) is 6.20 Å². The first-order valence-corrected chi connectivity index (χ1v) is 4.00. The Kier molecular flexibility index (Phi) is 1.89. The molecule has 0 unspecified atom stereocenters. The molecule has 1 nitrogen and oxygen atoms in total. The van der Waals surface area contributed by atoms with Gasteiger partial charge in [-0.2, -0.15) is 0 Å². The Balaban J connectivity index is 1.91. The summed E-state index contributed by atoms with van der Waals surface area (Å²) in [5.41, 5.74) is 1.31. The molecule has 0 atom stereocenters. The third-order valence-electron chi connectivity index (χ3n) is 2.00. The van der Waals surface area contributed by atoms with E-state index in [9.17, 15) is 0 Å². The van der Waals surface area contributed by atoms with Gasteiger partial charge in [-0.25, -0.2) is 0 Å². The fourth-order valence-electron chi connectivity index (χ4n) is 1.40. The molecule has 0 aromatic carbocycles. The summed E-state index contributed by atoms with van der Waals surface area (Å²) in [7, 11) is 1.07. The Hall–Kier alpha value is -0.850. The Morgan fingerprint density at radius 3 is 3.00 bits per heavy atom. The van der Waals surface area contributed by atoms with E-state index in [1.54, 1.807) is 0 Å². The van der Waals surface area contributed by atoms with Crippen LogP contribution in [0, 0.1) is 0 Å². The zero-order valence-corrected chi connectivity index (χ0v) is 6.46. The van der Waals surface area contributed by atoms with Crippen LogP contribution in [0.5, 0.6) is 0 Å². The van der Waals surface area contributed by atoms with E-state index in [-0.39, 0.29) is 0 Å². The standard InChI is InChI=1S/C8H9B2N/c1-3-7(9-5-1)10-8-4-2-6-11-8/h1-2,5-6,10H,3-4H2. The Bertz CT molecular complexity index is 246. The van der Waals surface area contributed by atoms with Crippen molar-refractivity contribution >= 4 is 25.2 Å². The first kappa shape index (κ1) is 6.84. The second-order valence-electron chi connectivity index (χ2n) is 2.92. The first-order valence-electron chi connectivity index (χ1n) is 4.00. The van der Waals surface area contributed by atoms with E-state index in [1.165, 1.54) is 11.0 Å². The van der Waals surface area contributed by atoms with Crippen LogP contribution in [0.4, 0.5) is 0 Å². The molecule has 0 aliphatic carbocycles. The third kappa shape index (κ3) is 1.59. The van der Waals surface area contributed by atoms with Gasteiger partial charge in [0.25, 0.3) is 0 Å². The van der Waals surface area contributed by atoms with Gasteiger partial charge in [0.05, 0.1) is 0 Å². The van der Waals surface area contributed by atoms with Crippen LogP contribution >= 0.6 is 0 Å². The normalized spacial score (nSPS) is 19.6.